The van der Waals surface area contributed by atoms with Crippen molar-refractivity contribution >= 4 is 0 Å². The minimum atomic E-state index is 1.02. The summed E-state index contributed by atoms with van der Waals surface area (Å²) in [6, 6.07) is 0. The van der Waals surface area contributed by atoms with Crippen LogP contribution in [0.15, 0.2) is 0 Å². The second kappa shape index (κ2) is 8.19. The van der Waals surface area contributed by atoms with E-state index in [0.717, 1.165) is 11.8 Å². The Kier molecular flexibility index (Phi) is 7.13. The average molecular weight is 210 g/mol. The molecule has 2 saturated carbocycles. The summed E-state index contributed by atoms with van der Waals surface area (Å²) in [4.78, 5) is 0. The van der Waals surface area contributed by atoms with Gasteiger partial charge in [0.15, 0.2) is 0 Å². The van der Waals surface area contributed by atoms with Crippen molar-refractivity contribution in [2.45, 2.75) is 84.5 Å². The van der Waals surface area contributed by atoms with E-state index in [1.807, 2.05) is 0 Å². The Balaban J connectivity index is 0.000000162. The molecule has 0 heteroatoms. The van der Waals surface area contributed by atoms with Crippen LogP contribution < -0.4 is 0 Å². The van der Waals surface area contributed by atoms with Gasteiger partial charge in [0.25, 0.3) is 0 Å². The van der Waals surface area contributed by atoms with Crippen LogP contribution in [0.4, 0.5) is 0 Å². The quantitative estimate of drug-likeness (QED) is 0.531. The highest BCUT2D eigenvalue weighted by Gasteiger charge is 2.15. The summed E-state index contributed by atoms with van der Waals surface area (Å²) < 4.78 is 0. The van der Waals surface area contributed by atoms with E-state index in [4.69, 9.17) is 0 Å². The SMILES string of the molecule is C1CCCCC1.CCC1CCC(C)CC1. The molecule has 15 heavy (non-hydrogen) atoms. The highest BCUT2D eigenvalue weighted by Crippen LogP contribution is 2.29. The van der Waals surface area contributed by atoms with Crippen LogP contribution in [0.3, 0.4) is 0 Å². The van der Waals surface area contributed by atoms with E-state index in [9.17, 15) is 0 Å². The van der Waals surface area contributed by atoms with Gasteiger partial charge in [0.05, 0.1) is 0 Å². The Hall–Kier alpha value is 0. The average Bonchev–Trinajstić information content (AvgIpc) is 2.33. The molecule has 0 heterocycles. The maximum Gasteiger partial charge on any atom is -0.0417 e. The second-order valence-corrected chi connectivity index (χ2v) is 5.66. The predicted molar refractivity (Wildman–Crippen MR) is 69.1 cm³/mol. The molecule has 0 atom stereocenters. The fourth-order valence-electron chi connectivity index (χ4n) is 2.80. The Morgan fingerprint density at radius 2 is 1.13 bits per heavy atom. The van der Waals surface area contributed by atoms with Crippen LogP contribution in [0.1, 0.15) is 84.5 Å². The van der Waals surface area contributed by atoms with E-state index < -0.39 is 0 Å². The molecule has 2 aliphatic rings. The van der Waals surface area contributed by atoms with Crippen LogP contribution in [-0.4, -0.2) is 0 Å². The first-order valence-electron chi connectivity index (χ1n) is 7.33. The van der Waals surface area contributed by atoms with Crippen molar-refractivity contribution in [1.82, 2.24) is 0 Å². The Labute approximate surface area is 96.8 Å². The summed E-state index contributed by atoms with van der Waals surface area (Å²) in [5.74, 6) is 2.09. The molecule has 0 bridgehead atoms. The van der Waals surface area contributed by atoms with Crippen molar-refractivity contribution in [3.8, 4) is 0 Å². The van der Waals surface area contributed by atoms with Crippen molar-refractivity contribution in [2.75, 3.05) is 0 Å². The molecule has 2 fully saturated rings. The summed E-state index contributed by atoms with van der Waals surface area (Å²) in [7, 11) is 0. The molecule has 0 spiro atoms. The fraction of sp³-hybridized carbons (Fsp3) is 1.00. The van der Waals surface area contributed by atoms with Gasteiger partial charge in [-0.2, -0.15) is 0 Å². The van der Waals surface area contributed by atoms with E-state index in [-0.39, 0.29) is 0 Å². The highest BCUT2D eigenvalue weighted by molar-refractivity contribution is 4.68. The van der Waals surface area contributed by atoms with Crippen LogP contribution in [-0.2, 0) is 0 Å². The summed E-state index contributed by atoms with van der Waals surface area (Å²) >= 11 is 0. The third-order valence-electron chi connectivity index (χ3n) is 4.21. The number of hydrogen-bond donors (Lipinski definition) is 0. The molecule has 0 aromatic heterocycles. The maximum atomic E-state index is 2.38. The van der Waals surface area contributed by atoms with Gasteiger partial charge in [0.2, 0.25) is 0 Å². The summed E-state index contributed by atoms with van der Waals surface area (Å²) in [5, 5.41) is 0. The molecule has 0 aromatic rings. The molecule has 2 aliphatic carbocycles. The molecular weight excluding hydrogens is 180 g/mol. The number of rotatable bonds is 1. The molecule has 0 unspecified atom stereocenters. The summed E-state index contributed by atoms with van der Waals surface area (Å²) in [5.41, 5.74) is 0. The van der Waals surface area contributed by atoms with Gasteiger partial charge in [-0.1, -0.05) is 84.5 Å². The first kappa shape index (κ1) is 13.1. The number of hydrogen-bond acceptors (Lipinski definition) is 0. The van der Waals surface area contributed by atoms with Crippen molar-refractivity contribution in [3.63, 3.8) is 0 Å². The van der Waals surface area contributed by atoms with Crippen LogP contribution in [0.5, 0.6) is 0 Å². The Bertz CT molecular complexity index is 115. The minimum Gasteiger partial charge on any atom is -0.0651 e. The molecule has 0 N–H and O–H groups in total. The van der Waals surface area contributed by atoms with E-state index in [0.29, 0.717) is 0 Å². The topological polar surface area (TPSA) is 0 Å². The van der Waals surface area contributed by atoms with Gasteiger partial charge in [0, 0.05) is 0 Å². The molecule has 2 rings (SSSR count). The Morgan fingerprint density at radius 3 is 1.47 bits per heavy atom. The van der Waals surface area contributed by atoms with Gasteiger partial charge in [-0.25, -0.2) is 0 Å². The van der Waals surface area contributed by atoms with Crippen molar-refractivity contribution in [3.05, 3.63) is 0 Å². The van der Waals surface area contributed by atoms with Crippen LogP contribution in [0, 0.1) is 11.8 Å². The summed E-state index contributed by atoms with van der Waals surface area (Å²) in [6.07, 6.45) is 16.4. The monoisotopic (exact) mass is 210 g/mol. The Morgan fingerprint density at radius 1 is 0.733 bits per heavy atom. The lowest BCUT2D eigenvalue weighted by Crippen LogP contribution is -2.10. The van der Waals surface area contributed by atoms with Crippen LogP contribution in [0.2, 0.25) is 0 Å². The molecule has 0 aromatic carbocycles. The zero-order valence-electron chi connectivity index (χ0n) is 10.9. The van der Waals surface area contributed by atoms with Gasteiger partial charge in [-0.15, -0.1) is 0 Å². The van der Waals surface area contributed by atoms with Crippen LogP contribution in [0.25, 0.3) is 0 Å². The van der Waals surface area contributed by atoms with Gasteiger partial charge in [0.1, 0.15) is 0 Å². The first-order chi connectivity index (χ1) is 7.33. The van der Waals surface area contributed by atoms with Crippen LogP contribution >= 0.6 is 0 Å². The normalized spacial score (nSPS) is 31.6. The van der Waals surface area contributed by atoms with Crippen molar-refractivity contribution in [1.29, 1.82) is 0 Å². The third-order valence-corrected chi connectivity index (χ3v) is 4.21. The van der Waals surface area contributed by atoms with Crippen molar-refractivity contribution in [2.24, 2.45) is 11.8 Å². The largest absolute Gasteiger partial charge is 0.0651 e. The van der Waals surface area contributed by atoms with E-state index in [1.54, 1.807) is 0 Å². The summed E-state index contributed by atoms with van der Waals surface area (Å²) in [6.45, 7) is 4.70. The lowest BCUT2D eigenvalue weighted by Gasteiger charge is -2.24. The van der Waals surface area contributed by atoms with Crippen molar-refractivity contribution < 1.29 is 0 Å². The lowest BCUT2D eigenvalue weighted by molar-refractivity contribution is 0.284. The van der Waals surface area contributed by atoms with E-state index in [2.05, 4.69) is 13.8 Å². The molecule has 0 saturated heterocycles. The highest BCUT2D eigenvalue weighted by atomic mass is 14.2. The molecule has 0 aliphatic heterocycles. The van der Waals surface area contributed by atoms with Gasteiger partial charge in [-0.05, 0) is 11.8 Å². The maximum absolute atomic E-state index is 2.38. The standard InChI is InChI=1S/C9H18.C6H12/c1-3-9-6-4-8(2)5-7-9;1-2-4-6-5-3-1/h8-9H,3-7H2,1-2H3;1-6H2. The molecule has 0 amide bonds. The third kappa shape index (κ3) is 6.22. The van der Waals surface area contributed by atoms with E-state index in [1.165, 1.54) is 70.6 Å². The van der Waals surface area contributed by atoms with Gasteiger partial charge >= 0.3 is 0 Å². The van der Waals surface area contributed by atoms with Gasteiger partial charge < -0.3 is 0 Å². The fourth-order valence-corrected chi connectivity index (χ4v) is 2.80. The molecule has 0 radical (unpaired) electrons. The zero-order valence-corrected chi connectivity index (χ0v) is 10.9. The molecule has 90 valence electrons. The zero-order chi connectivity index (χ0) is 10.9. The minimum absolute atomic E-state index is 1.02. The smallest absolute Gasteiger partial charge is 0.0417 e. The van der Waals surface area contributed by atoms with E-state index >= 15 is 0 Å². The van der Waals surface area contributed by atoms with Gasteiger partial charge in [-0.3, -0.25) is 0 Å². The second-order valence-electron chi connectivity index (χ2n) is 5.66. The first-order valence-corrected chi connectivity index (χ1v) is 7.33. The predicted octanol–water partition coefficient (Wildman–Crippen LogP) is 5.56. The molecular formula is C15H30. The lowest BCUT2D eigenvalue weighted by atomic mass is 9.82. The molecule has 0 nitrogen and oxygen atoms in total.